The Morgan fingerprint density at radius 2 is 1.78 bits per heavy atom. The maximum atomic E-state index is 13.1. The van der Waals surface area contributed by atoms with Crippen molar-refractivity contribution in [1.29, 1.82) is 0 Å². The van der Waals surface area contributed by atoms with Gasteiger partial charge >= 0.3 is 0 Å². The number of nitrogens with one attached hydrogen (secondary N) is 1. The largest absolute Gasteiger partial charge is 0.343 e. The number of likely N-dealkylation sites (tertiary alicyclic amines) is 1. The van der Waals surface area contributed by atoms with E-state index in [1.54, 1.807) is 12.1 Å². The van der Waals surface area contributed by atoms with Crippen LogP contribution in [0.4, 0.5) is 4.39 Å². The van der Waals surface area contributed by atoms with Gasteiger partial charge in [0.05, 0.1) is 0 Å². The molecule has 0 atom stereocenters. The number of carbonyl (C=O) groups is 1. The number of rotatable bonds is 4. The standard InChI is InChI=1S/C21H27FN4O/c22-18-8-6-16(7-9-18)20-23-21(25-24-20)17-10-12-26(13-11-17)19(27)14-15-4-2-1-3-5-15/h6-9,15,17H,1-5,10-14H2,(H,23,24,25). The lowest BCUT2D eigenvalue weighted by Gasteiger charge is -2.32. The summed E-state index contributed by atoms with van der Waals surface area (Å²) in [6.07, 6.45) is 8.86. The molecule has 0 spiro atoms. The molecule has 2 aromatic rings. The molecule has 4 rings (SSSR count). The summed E-state index contributed by atoms with van der Waals surface area (Å²) in [4.78, 5) is 19.2. The fraction of sp³-hybridized carbons (Fsp3) is 0.571. The van der Waals surface area contributed by atoms with Gasteiger partial charge in [-0.1, -0.05) is 19.3 Å². The number of nitrogens with zero attached hydrogens (tertiary/aromatic N) is 3. The number of halogens is 1. The van der Waals surface area contributed by atoms with Crippen molar-refractivity contribution in [3.63, 3.8) is 0 Å². The maximum Gasteiger partial charge on any atom is 0.222 e. The molecule has 0 radical (unpaired) electrons. The molecule has 1 saturated heterocycles. The summed E-state index contributed by atoms with van der Waals surface area (Å²) in [6, 6.07) is 6.22. The molecule has 0 unspecified atom stereocenters. The Bertz CT molecular complexity index is 759. The molecule has 1 aromatic heterocycles. The molecule has 1 amide bonds. The first-order chi connectivity index (χ1) is 13.2. The Morgan fingerprint density at radius 1 is 1.07 bits per heavy atom. The van der Waals surface area contributed by atoms with Gasteiger partial charge in [-0.3, -0.25) is 9.89 Å². The van der Waals surface area contributed by atoms with Crippen molar-refractivity contribution in [2.24, 2.45) is 5.92 Å². The van der Waals surface area contributed by atoms with Crippen LogP contribution in [0, 0.1) is 11.7 Å². The summed E-state index contributed by atoms with van der Waals surface area (Å²) < 4.78 is 13.1. The average molecular weight is 370 g/mol. The fourth-order valence-electron chi connectivity index (χ4n) is 4.35. The monoisotopic (exact) mass is 370 g/mol. The van der Waals surface area contributed by atoms with Crippen LogP contribution in [0.3, 0.4) is 0 Å². The highest BCUT2D eigenvalue weighted by atomic mass is 19.1. The Balaban J connectivity index is 1.31. The van der Waals surface area contributed by atoms with Crippen LogP contribution in [0.25, 0.3) is 11.4 Å². The number of hydrogen-bond donors (Lipinski definition) is 1. The summed E-state index contributed by atoms with van der Waals surface area (Å²) in [5.41, 5.74) is 0.805. The van der Waals surface area contributed by atoms with E-state index in [0.717, 1.165) is 43.7 Å². The van der Waals surface area contributed by atoms with Crippen LogP contribution >= 0.6 is 0 Å². The molecule has 2 fully saturated rings. The SMILES string of the molecule is O=C(CC1CCCCC1)N1CCC(c2nc(-c3ccc(F)cc3)n[nH]2)CC1. The zero-order valence-corrected chi connectivity index (χ0v) is 15.7. The van der Waals surface area contributed by atoms with Crippen LogP contribution < -0.4 is 0 Å². The van der Waals surface area contributed by atoms with Crippen molar-refractivity contribution in [3.05, 3.63) is 35.9 Å². The van der Waals surface area contributed by atoms with Crippen molar-refractivity contribution >= 4 is 5.91 Å². The molecule has 0 bridgehead atoms. The van der Waals surface area contributed by atoms with Crippen LogP contribution in [0.15, 0.2) is 24.3 Å². The maximum absolute atomic E-state index is 13.1. The Morgan fingerprint density at radius 3 is 2.48 bits per heavy atom. The molecule has 144 valence electrons. The second-order valence-corrected chi connectivity index (χ2v) is 7.91. The highest BCUT2D eigenvalue weighted by molar-refractivity contribution is 5.76. The first kappa shape index (κ1) is 18.1. The number of H-pyrrole nitrogens is 1. The highest BCUT2D eigenvalue weighted by Crippen LogP contribution is 2.30. The van der Waals surface area contributed by atoms with Gasteiger partial charge in [0.15, 0.2) is 5.82 Å². The van der Waals surface area contributed by atoms with Gasteiger partial charge in [0.25, 0.3) is 0 Å². The minimum absolute atomic E-state index is 0.264. The van der Waals surface area contributed by atoms with Crippen molar-refractivity contribution in [1.82, 2.24) is 20.1 Å². The summed E-state index contributed by atoms with van der Waals surface area (Å²) >= 11 is 0. The van der Waals surface area contributed by atoms with Gasteiger partial charge in [0.1, 0.15) is 11.6 Å². The Hall–Kier alpha value is -2.24. The number of aromatic nitrogens is 3. The van der Waals surface area contributed by atoms with Gasteiger partial charge in [-0.2, -0.15) is 5.10 Å². The molecule has 1 aliphatic carbocycles. The Kier molecular flexibility index (Phi) is 5.50. The molecule has 2 heterocycles. The summed E-state index contributed by atoms with van der Waals surface area (Å²) in [5.74, 6) is 2.42. The van der Waals surface area contributed by atoms with Gasteiger partial charge in [-0.05, 0) is 55.9 Å². The molecule has 6 heteroatoms. The lowest BCUT2D eigenvalue weighted by atomic mass is 9.86. The Labute approximate surface area is 159 Å². The van der Waals surface area contributed by atoms with E-state index in [-0.39, 0.29) is 5.82 Å². The van der Waals surface area contributed by atoms with E-state index in [0.29, 0.717) is 23.6 Å². The smallest absolute Gasteiger partial charge is 0.222 e. The number of piperidine rings is 1. The molecule has 1 aromatic carbocycles. The normalized spacial score (nSPS) is 19.4. The zero-order valence-electron chi connectivity index (χ0n) is 15.7. The van der Waals surface area contributed by atoms with Gasteiger partial charge in [-0.25, -0.2) is 9.37 Å². The van der Waals surface area contributed by atoms with Gasteiger partial charge < -0.3 is 4.90 Å². The first-order valence-corrected chi connectivity index (χ1v) is 10.1. The van der Waals surface area contributed by atoms with E-state index in [1.165, 1.54) is 44.2 Å². The average Bonchev–Trinajstić information content (AvgIpc) is 3.20. The van der Waals surface area contributed by atoms with E-state index in [9.17, 15) is 9.18 Å². The zero-order chi connectivity index (χ0) is 18.6. The van der Waals surface area contributed by atoms with E-state index < -0.39 is 0 Å². The van der Waals surface area contributed by atoms with Crippen LogP contribution in [0.1, 0.15) is 63.1 Å². The van der Waals surface area contributed by atoms with Gasteiger partial charge in [0, 0.05) is 31.0 Å². The van der Waals surface area contributed by atoms with Crippen LogP contribution in [-0.4, -0.2) is 39.1 Å². The third-order valence-electron chi connectivity index (χ3n) is 6.03. The number of aromatic amines is 1. The third kappa shape index (κ3) is 4.37. The molecular weight excluding hydrogens is 343 g/mol. The predicted molar refractivity (Wildman–Crippen MR) is 102 cm³/mol. The van der Waals surface area contributed by atoms with Crippen LogP contribution in [-0.2, 0) is 4.79 Å². The molecule has 1 aliphatic heterocycles. The molecule has 27 heavy (non-hydrogen) atoms. The molecule has 1 saturated carbocycles. The van der Waals surface area contributed by atoms with E-state index in [1.807, 2.05) is 4.90 Å². The lowest BCUT2D eigenvalue weighted by Crippen LogP contribution is -2.39. The quantitative estimate of drug-likeness (QED) is 0.873. The second-order valence-electron chi connectivity index (χ2n) is 7.91. The molecule has 1 N–H and O–H groups in total. The van der Waals surface area contributed by atoms with Crippen molar-refractivity contribution < 1.29 is 9.18 Å². The first-order valence-electron chi connectivity index (χ1n) is 10.1. The minimum atomic E-state index is -0.264. The van der Waals surface area contributed by atoms with Crippen molar-refractivity contribution in [2.75, 3.05) is 13.1 Å². The number of hydrogen-bond acceptors (Lipinski definition) is 3. The second kappa shape index (κ2) is 8.19. The third-order valence-corrected chi connectivity index (χ3v) is 6.03. The summed E-state index contributed by atoms with van der Waals surface area (Å²) in [5, 5.41) is 7.32. The van der Waals surface area contributed by atoms with E-state index in [2.05, 4.69) is 15.2 Å². The predicted octanol–water partition coefficient (Wildman–Crippen LogP) is 4.29. The highest BCUT2D eigenvalue weighted by Gasteiger charge is 2.27. The van der Waals surface area contributed by atoms with E-state index >= 15 is 0 Å². The van der Waals surface area contributed by atoms with Gasteiger partial charge in [0.2, 0.25) is 5.91 Å². The van der Waals surface area contributed by atoms with Crippen molar-refractivity contribution in [3.8, 4) is 11.4 Å². The number of carbonyl (C=O) groups excluding carboxylic acids is 1. The van der Waals surface area contributed by atoms with E-state index in [4.69, 9.17) is 0 Å². The summed E-state index contributed by atoms with van der Waals surface area (Å²) in [6.45, 7) is 1.59. The molecule has 2 aliphatic rings. The lowest BCUT2D eigenvalue weighted by molar-refractivity contribution is -0.133. The number of amides is 1. The van der Waals surface area contributed by atoms with Crippen LogP contribution in [0.5, 0.6) is 0 Å². The molecular formula is C21H27FN4O. The minimum Gasteiger partial charge on any atom is -0.343 e. The van der Waals surface area contributed by atoms with Crippen LogP contribution in [0.2, 0.25) is 0 Å². The topological polar surface area (TPSA) is 61.9 Å². The molecule has 5 nitrogen and oxygen atoms in total. The van der Waals surface area contributed by atoms with Gasteiger partial charge in [-0.15, -0.1) is 0 Å². The van der Waals surface area contributed by atoms with Crippen molar-refractivity contribution in [2.45, 2.75) is 57.3 Å². The fourth-order valence-corrected chi connectivity index (χ4v) is 4.35. The summed E-state index contributed by atoms with van der Waals surface area (Å²) in [7, 11) is 0. The number of benzene rings is 1.